The van der Waals surface area contributed by atoms with Gasteiger partial charge in [0.15, 0.2) is 6.61 Å². The maximum Gasteiger partial charge on any atom is 0.339 e. The fraction of sp³-hybridized carbons (Fsp3) is 0.333. The van der Waals surface area contributed by atoms with Crippen molar-refractivity contribution < 1.29 is 19.5 Å². The van der Waals surface area contributed by atoms with Crippen molar-refractivity contribution in [2.75, 3.05) is 6.61 Å². The maximum absolute atomic E-state index is 11.4. The van der Waals surface area contributed by atoms with Crippen LogP contribution in [-0.4, -0.2) is 23.7 Å². The van der Waals surface area contributed by atoms with Crippen molar-refractivity contribution in [3.05, 3.63) is 35.9 Å². The van der Waals surface area contributed by atoms with Crippen LogP contribution < -0.4 is 10.8 Å². The van der Waals surface area contributed by atoms with Gasteiger partial charge in [0.05, 0.1) is 6.04 Å². The Morgan fingerprint density at radius 2 is 2.00 bits per heavy atom. The number of carboxylic acid groups (broad SMARTS) is 1. The topological polar surface area (TPSA) is 87.7 Å². The zero-order valence-electron chi connectivity index (χ0n) is 10.1. The van der Waals surface area contributed by atoms with Gasteiger partial charge in [-0.05, 0) is 12.0 Å². The van der Waals surface area contributed by atoms with Crippen molar-refractivity contribution in [3.8, 4) is 0 Å². The van der Waals surface area contributed by atoms with Crippen LogP contribution in [0, 0.1) is 0 Å². The Labute approximate surface area is 105 Å². The Morgan fingerprint density at radius 3 is 2.56 bits per heavy atom. The monoisotopic (exact) mass is 252 g/mol. The van der Waals surface area contributed by atoms with Crippen LogP contribution in [0.4, 0.5) is 4.79 Å². The normalized spacial score (nSPS) is 11.6. The average Bonchev–Trinajstić information content (AvgIpc) is 2.36. The lowest BCUT2D eigenvalue weighted by atomic mass is 10.1. The molecule has 0 saturated heterocycles. The summed E-state index contributed by atoms with van der Waals surface area (Å²) in [5.74, 6) is -1.15. The van der Waals surface area contributed by atoms with Gasteiger partial charge >= 0.3 is 12.0 Å². The highest BCUT2D eigenvalue weighted by atomic mass is 16.7. The Balaban J connectivity index is 2.44. The SMILES string of the molecule is CCC(NC(=O)NOCC(=O)O)c1ccccc1. The molecule has 0 heterocycles. The van der Waals surface area contributed by atoms with Crippen molar-refractivity contribution in [2.24, 2.45) is 0 Å². The molecule has 0 saturated carbocycles. The lowest BCUT2D eigenvalue weighted by Gasteiger charge is -2.17. The summed E-state index contributed by atoms with van der Waals surface area (Å²) in [7, 11) is 0. The Bertz CT molecular complexity index is 394. The largest absolute Gasteiger partial charge is 0.479 e. The van der Waals surface area contributed by atoms with Gasteiger partial charge in [-0.1, -0.05) is 37.3 Å². The summed E-state index contributed by atoms with van der Waals surface area (Å²) >= 11 is 0. The summed E-state index contributed by atoms with van der Waals surface area (Å²) < 4.78 is 0. The zero-order chi connectivity index (χ0) is 13.4. The van der Waals surface area contributed by atoms with Gasteiger partial charge in [-0.15, -0.1) is 0 Å². The lowest BCUT2D eigenvalue weighted by Crippen LogP contribution is -2.38. The summed E-state index contributed by atoms with van der Waals surface area (Å²) in [6.07, 6.45) is 0.719. The van der Waals surface area contributed by atoms with E-state index in [0.717, 1.165) is 12.0 Å². The molecule has 1 unspecified atom stereocenters. The van der Waals surface area contributed by atoms with Crippen LogP contribution in [-0.2, 0) is 9.63 Å². The predicted molar refractivity (Wildman–Crippen MR) is 64.7 cm³/mol. The van der Waals surface area contributed by atoms with E-state index >= 15 is 0 Å². The molecule has 2 amide bonds. The van der Waals surface area contributed by atoms with Crippen molar-refractivity contribution in [3.63, 3.8) is 0 Å². The Kier molecular flexibility index (Phi) is 5.66. The van der Waals surface area contributed by atoms with E-state index in [2.05, 4.69) is 10.2 Å². The number of carboxylic acids is 1. The molecule has 1 aromatic rings. The second-order valence-electron chi connectivity index (χ2n) is 3.63. The van der Waals surface area contributed by atoms with Gasteiger partial charge in [-0.25, -0.2) is 15.1 Å². The molecule has 0 radical (unpaired) electrons. The quantitative estimate of drug-likeness (QED) is 0.669. The maximum atomic E-state index is 11.4. The molecule has 6 heteroatoms. The number of rotatable bonds is 6. The predicted octanol–water partition coefficient (Wildman–Crippen LogP) is 1.45. The van der Waals surface area contributed by atoms with Crippen LogP contribution in [0.2, 0.25) is 0 Å². The number of nitrogens with one attached hydrogen (secondary N) is 2. The molecule has 0 aromatic heterocycles. The van der Waals surface area contributed by atoms with Crippen LogP contribution in [0.25, 0.3) is 0 Å². The van der Waals surface area contributed by atoms with Crippen LogP contribution in [0.15, 0.2) is 30.3 Å². The third kappa shape index (κ3) is 4.84. The first kappa shape index (κ1) is 14.0. The number of aliphatic carboxylic acids is 1. The molecule has 98 valence electrons. The highest BCUT2D eigenvalue weighted by Gasteiger charge is 2.12. The smallest absolute Gasteiger partial charge is 0.339 e. The van der Waals surface area contributed by atoms with E-state index in [-0.39, 0.29) is 6.04 Å². The zero-order valence-corrected chi connectivity index (χ0v) is 10.1. The number of urea groups is 1. The third-order valence-electron chi connectivity index (χ3n) is 2.28. The van der Waals surface area contributed by atoms with Crippen LogP contribution in [0.5, 0.6) is 0 Å². The minimum atomic E-state index is -1.15. The van der Waals surface area contributed by atoms with E-state index in [9.17, 15) is 9.59 Å². The standard InChI is InChI=1S/C12H16N2O4/c1-2-10(9-6-4-3-5-7-9)13-12(17)14-18-8-11(15)16/h3-7,10H,2,8H2,1H3,(H,15,16)(H2,13,14,17). The van der Waals surface area contributed by atoms with Crippen LogP contribution in [0.1, 0.15) is 24.9 Å². The minimum Gasteiger partial charge on any atom is -0.479 e. The molecule has 0 aliphatic carbocycles. The van der Waals surface area contributed by atoms with E-state index < -0.39 is 18.6 Å². The number of hydrogen-bond donors (Lipinski definition) is 3. The number of carbonyl (C=O) groups is 2. The second-order valence-corrected chi connectivity index (χ2v) is 3.63. The number of amides is 2. The highest BCUT2D eigenvalue weighted by molar-refractivity contribution is 5.74. The molecule has 6 nitrogen and oxygen atoms in total. The van der Waals surface area contributed by atoms with Crippen molar-refractivity contribution in [1.29, 1.82) is 0 Å². The van der Waals surface area contributed by atoms with Gasteiger partial charge in [0.2, 0.25) is 0 Å². The van der Waals surface area contributed by atoms with E-state index in [4.69, 9.17) is 5.11 Å². The number of benzene rings is 1. The van der Waals surface area contributed by atoms with Gasteiger partial charge in [0.25, 0.3) is 0 Å². The van der Waals surface area contributed by atoms with Gasteiger partial charge in [-0.3, -0.25) is 4.84 Å². The van der Waals surface area contributed by atoms with Crippen molar-refractivity contribution >= 4 is 12.0 Å². The molecule has 1 atom stereocenters. The molecule has 3 N–H and O–H groups in total. The molecule has 1 rings (SSSR count). The van der Waals surface area contributed by atoms with Crippen LogP contribution >= 0.6 is 0 Å². The minimum absolute atomic E-state index is 0.139. The Hall–Kier alpha value is -2.08. The number of hydroxylamine groups is 1. The summed E-state index contributed by atoms with van der Waals surface area (Å²) in [4.78, 5) is 26.1. The first-order valence-electron chi connectivity index (χ1n) is 5.58. The number of carbonyl (C=O) groups excluding carboxylic acids is 1. The second kappa shape index (κ2) is 7.29. The van der Waals surface area contributed by atoms with Gasteiger partial charge in [-0.2, -0.15) is 0 Å². The number of hydrogen-bond acceptors (Lipinski definition) is 3. The van der Waals surface area contributed by atoms with Crippen molar-refractivity contribution in [2.45, 2.75) is 19.4 Å². The van der Waals surface area contributed by atoms with E-state index in [1.54, 1.807) is 0 Å². The van der Waals surface area contributed by atoms with Gasteiger partial charge < -0.3 is 10.4 Å². The lowest BCUT2D eigenvalue weighted by molar-refractivity contribution is -0.144. The fourth-order valence-corrected chi connectivity index (χ4v) is 1.46. The molecular formula is C12H16N2O4. The molecule has 0 aliphatic heterocycles. The highest BCUT2D eigenvalue weighted by Crippen LogP contribution is 2.15. The summed E-state index contributed by atoms with van der Waals surface area (Å²) in [6.45, 7) is 1.37. The fourth-order valence-electron chi connectivity index (χ4n) is 1.46. The summed E-state index contributed by atoms with van der Waals surface area (Å²) in [6, 6.07) is 8.79. The molecule has 0 spiro atoms. The molecule has 0 bridgehead atoms. The van der Waals surface area contributed by atoms with Gasteiger partial charge in [0.1, 0.15) is 0 Å². The van der Waals surface area contributed by atoms with Crippen molar-refractivity contribution in [1.82, 2.24) is 10.8 Å². The average molecular weight is 252 g/mol. The third-order valence-corrected chi connectivity index (χ3v) is 2.28. The summed E-state index contributed by atoms with van der Waals surface area (Å²) in [5, 5.41) is 11.0. The van der Waals surface area contributed by atoms with E-state index in [0.29, 0.717) is 0 Å². The first-order valence-corrected chi connectivity index (χ1v) is 5.58. The van der Waals surface area contributed by atoms with E-state index in [1.807, 2.05) is 42.7 Å². The molecule has 0 aliphatic rings. The van der Waals surface area contributed by atoms with Gasteiger partial charge in [0, 0.05) is 0 Å². The summed E-state index contributed by atoms with van der Waals surface area (Å²) in [5.41, 5.74) is 3.00. The van der Waals surface area contributed by atoms with E-state index in [1.165, 1.54) is 0 Å². The first-order chi connectivity index (χ1) is 8.63. The Morgan fingerprint density at radius 1 is 1.33 bits per heavy atom. The molecule has 0 fully saturated rings. The molecule has 18 heavy (non-hydrogen) atoms. The van der Waals surface area contributed by atoms with Crippen LogP contribution in [0.3, 0.4) is 0 Å². The molecular weight excluding hydrogens is 236 g/mol. The molecule has 1 aromatic carbocycles.